The highest BCUT2D eigenvalue weighted by atomic mass is 32.2. The van der Waals surface area contributed by atoms with Gasteiger partial charge in [-0.25, -0.2) is 28.6 Å². The van der Waals surface area contributed by atoms with Crippen molar-refractivity contribution < 1.29 is 94.8 Å². The van der Waals surface area contributed by atoms with Crippen molar-refractivity contribution in [3.05, 3.63) is 12.7 Å². The third kappa shape index (κ3) is 15.3. The number of nitrogens with zero attached hydrogens (tertiary/aromatic N) is 4. The molecule has 0 saturated carbocycles. The summed E-state index contributed by atoms with van der Waals surface area (Å²) in [5, 5.41) is 25.9. The van der Waals surface area contributed by atoms with Crippen LogP contribution in [0, 0.1) is 5.41 Å². The molecule has 58 heavy (non-hydrogen) atoms. The van der Waals surface area contributed by atoms with Crippen molar-refractivity contribution in [1.29, 1.82) is 0 Å². The molecule has 0 radical (unpaired) electrons. The molecule has 1 aliphatic rings. The summed E-state index contributed by atoms with van der Waals surface area (Å²) in [5.74, 6) is -1.43. The predicted octanol–water partition coefficient (Wildman–Crippen LogP) is -0.989. The van der Waals surface area contributed by atoms with Gasteiger partial charge in [-0.05, 0) is 6.42 Å². The van der Waals surface area contributed by atoms with E-state index in [0.29, 0.717) is 0 Å². The largest absolute Gasteiger partial charge is 0.481 e. The first-order chi connectivity index (χ1) is 26.6. The van der Waals surface area contributed by atoms with Crippen LogP contribution in [0.3, 0.4) is 0 Å². The molecule has 0 spiro atoms. The predicted molar refractivity (Wildman–Crippen MR) is 198 cm³/mol. The zero-order valence-electron chi connectivity index (χ0n) is 30.8. The van der Waals surface area contributed by atoms with E-state index in [9.17, 15) is 62.4 Å². The number of hydrogen-bond acceptors (Lipinski definition) is 19. The van der Waals surface area contributed by atoms with Gasteiger partial charge in [0.1, 0.15) is 36.3 Å². The summed E-state index contributed by atoms with van der Waals surface area (Å²) in [6.45, 7) is 1.50. The second kappa shape index (κ2) is 20.5. The molecule has 330 valence electrons. The molecule has 27 nitrogen and oxygen atoms in total. The van der Waals surface area contributed by atoms with Gasteiger partial charge in [0.2, 0.25) is 11.8 Å². The highest BCUT2D eigenvalue weighted by Gasteiger charge is 2.50. The Morgan fingerprint density at radius 1 is 1.00 bits per heavy atom. The molecule has 0 bridgehead atoms. The van der Waals surface area contributed by atoms with Gasteiger partial charge in [-0.15, -0.1) is 0 Å². The van der Waals surface area contributed by atoms with Gasteiger partial charge >= 0.3 is 31.1 Å². The van der Waals surface area contributed by atoms with Gasteiger partial charge in [-0.3, -0.25) is 37.1 Å². The maximum absolute atomic E-state index is 12.7. The van der Waals surface area contributed by atoms with E-state index in [1.165, 1.54) is 20.8 Å². The molecule has 32 heteroatoms. The number of carbonyl (C=O) groups is 3. The van der Waals surface area contributed by atoms with Crippen molar-refractivity contribution in [2.75, 3.05) is 37.8 Å². The molecule has 1 aliphatic heterocycles. The number of ether oxygens (including phenoxy) is 1. The number of fused-ring (bicyclic) bond motifs is 1. The first-order valence-electron chi connectivity index (χ1n) is 16.7. The lowest BCUT2D eigenvalue weighted by Gasteiger charge is -2.30. The molecule has 2 aromatic heterocycles. The zero-order chi connectivity index (χ0) is 43.9. The number of carbonyl (C=O) groups excluding carboxylic acids is 3. The lowest BCUT2D eigenvalue weighted by molar-refractivity contribution is -0.137. The molecule has 8 atom stereocenters. The Morgan fingerprint density at radius 3 is 2.29 bits per heavy atom. The number of rotatable bonds is 23. The Morgan fingerprint density at radius 2 is 1.66 bits per heavy atom. The SMILES string of the molecule is CC(CCC(=O)SCCNC(=O)CCNC(=O)C(O)C(C)(C)COP(=O)(O)OP(=O)(O)OC[C@H]1O[C@@H](n2cnc3c(N)ncnc32)[C@H](O)[C@@H]1OP(=O)(O)O)P(=O)(O)O. The quantitative estimate of drug-likeness (QED) is 0.0471. The normalized spacial score (nSPS) is 22.2. The fourth-order valence-electron chi connectivity index (χ4n) is 4.86. The molecule has 4 unspecified atom stereocenters. The number of amides is 2. The number of aliphatic hydroxyl groups is 2. The molecule has 3 heterocycles. The minimum Gasteiger partial charge on any atom is -0.386 e. The lowest BCUT2D eigenvalue weighted by Crippen LogP contribution is -2.46. The monoisotopic (exact) mass is 931 g/mol. The Labute approximate surface area is 333 Å². The van der Waals surface area contributed by atoms with Crippen LogP contribution in [0.1, 0.15) is 46.3 Å². The molecular weight excluding hydrogens is 886 g/mol. The van der Waals surface area contributed by atoms with Gasteiger partial charge in [-0.1, -0.05) is 32.5 Å². The summed E-state index contributed by atoms with van der Waals surface area (Å²) in [5.41, 5.74) is 3.22. The summed E-state index contributed by atoms with van der Waals surface area (Å²) in [6, 6.07) is 0. The van der Waals surface area contributed by atoms with Crippen LogP contribution in [0.25, 0.3) is 11.2 Å². The van der Waals surface area contributed by atoms with Crippen LogP contribution >= 0.6 is 42.8 Å². The number of aliphatic hydroxyl groups excluding tert-OH is 2. The highest BCUT2D eigenvalue weighted by Crippen LogP contribution is 2.61. The number of imidazole rings is 1. The van der Waals surface area contributed by atoms with E-state index in [1.807, 2.05) is 0 Å². The van der Waals surface area contributed by atoms with E-state index in [1.54, 1.807) is 0 Å². The number of phosphoric ester groups is 3. The first kappa shape index (κ1) is 50.1. The van der Waals surface area contributed by atoms with E-state index in [4.69, 9.17) is 29.3 Å². The molecule has 1 saturated heterocycles. The Bertz CT molecular complexity index is 1960. The fraction of sp³-hybridized carbons (Fsp3) is 0.692. The van der Waals surface area contributed by atoms with Gasteiger partial charge in [0.25, 0.3) is 0 Å². The topological polar surface area (TPSA) is 421 Å². The maximum Gasteiger partial charge on any atom is 0.481 e. The summed E-state index contributed by atoms with van der Waals surface area (Å²) in [6.07, 6.45) is -7.20. The molecule has 1 fully saturated rings. The van der Waals surface area contributed by atoms with Crippen LogP contribution in [0.15, 0.2) is 12.7 Å². The molecule has 3 rings (SSSR count). The van der Waals surface area contributed by atoms with E-state index in [0.717, 1.165) is 29.0 Å². The van der Waals surface area contributed by atoms with Crippen LogP contribution in [0.4, 0.5) is 5.82 Å². The minimum atomic E-state index is -5.60. The van der Waals surface area contributed by atoms with Crippen molar-refractivity contribution >= 4 is 76.7 Å². The van der Waals surface area contributed by atoms with Crippen molar-refractivity contribution in [3.8, 4) is 0 Å². The number of nitrogens with one attached hydrogen (secondary N) is 2. The standard InChI is InChI=1S/C26H45N7O20P4S/c1-14(54(39,40)41)4-5-17(35)58-9-8-28-16(34)6-7-29-24(38)21(37)26(2,3)11-50-57(47,48)53-56(45,46)49-10-15-20(52-55(42,43)44)19(36)25(51-15)33-13-32-18-22(27)30-12-31-23(18)33/h12-15,19-21,25,36-37H,4-11H2,1-3H3,(H,28,34)(H,29,38)(H,45,46)(H,47,48)(H2,27,30,31)(H2,39,40,41)(H2,42,43,44)/t14?,15-,19-,20-,21?,25-/m1/s1. The van der Waals surface area contributed by atoms with Gasteiger partial charge in [0.05, 0.1) is 25.2 Å². The molecule has 2 aromatic rings. The number of aromatic nitrogens is 4. The van der Waals surface area contributed by atoms with E-state index >= 15 is 0 Å². The molecule has 2 amide bonds. The highest BCUT2D eigenvalue weighted by molar-refractivity contribution is 8.13. The fourth-order valence-corrected chi connectivity index (χ4v) is 8.85. The Balaban J connectivity index is 1.46. The van der Waals surface area contributed by atoms with E-state index < -0.39 is 97.8 Å². The summed E-state index contributed by atoms with van der Waals surface area (Å²) >= 11 is 0.870. The van der Waals surface area contributed by atoms with Crippen LogP contribution < -0.4 is 16.4 Å². The zero-order valence-corrected chi connectivity index (χ0v) is 35.2. The van der Waals surface area contributed by atoms with E-state index in [-0.39, 0.29) is 60.2 Å². The average molecular weight is 932 g/mol. The van der Waals surface area contributed by atoms with E-state index in [2.05, 4.69) is 34.4 Å². The molecular formula is C26H45N7O20P4S. The second-order valence-corrected chi connectivity index (χ2v) is 20.7. The molecule has 12 N–H and O–H groups in total. The number of nitrogens with two attached hydrogens (primary N) is 1. The Hall–Kier alpha value is -2.29. The van der Waals surface area contributed by atoms with Crippen LogP contribution in [-0.2, 0) is 55.3 Å². The second-order valence-electron chi connectivity index (χ2n) is 13.3. The van der Waals surface area contributed by atoms with Gasteiger partial charge < -0.3 is 60.7 Å². The van der Waals surface area contributed by atoms with Crippen molar-refractivity contribution in [3.63, 3.8) is 0 Å². The van der Waals surface area contributed by atoms with Gasteiger partial charge in [-0.2, -0.15) is 4.31 Å². The minimum absolute atomic E-state index is 0.0000850. The third-order valence-electron chi connectivity index (χ3n) is 8.11. The average Bonchev–Trinajstić information content (AvgIpc) is 3.66. The summed E-state index contributed by atoms with van der Waals surface area (Å²) < 4.78 is 73.1. The number of phosphoric acid groups is 3. The van der Waals surface area contributed by atoms with Crippen molar-refractivity contribution in [2.45, 2.75) is 76.3 Å². The van der Waals surface area contributed by atoms with Crippen molar-refractivity contribution in [1.82, 2.24) is 30.2 Å². The number of nitrogen functional groups attached to an aromatic ring is 1. The summed E-state index contributed by atoms with van der Waals surface area (Å²) in [7, 11) is -20.8. The summed E-state index contributed by atoms with van der Waals surface area (Å²) in [4.78, 5) is 106. The molecule has 0 aromatic carbocycles. The van der Waals surface area contributed by atoms with Crippen LogP contribution in [0.5, 0.6) is 0 Å². The van der Waals surface area contributed by atoms with Crippen molar-refractivity contribution in [2.24, 2.45) is 5.41 Å². The number of anilines is 1. The third-order valence-corrected chi connectivity index (χ3v) is 13.5. The number of hydrogen-bond donors (Lipinski definition) is 11. The van der Waals surface area contributed by atoms with Crippen LogP contribution in [-0.4, -0.2) is 138 Å². The maximum atomic E-state index is 12.7. The lowest BCUT2D eigenvalue weighted by atomic mass is 9.87. The first-order valence-corrected chi connectivity index (χ1v) is 23.9. The van der Waals surface area contributed by atoms with Gasteiger partial charge in [0, 0.05) is 37.1 Å². The van der Waals surface area contributed by atoms with Gasteiger partial charge in [0.15, 0.2) is 22.8 Å². The Kier molecular flexibility index (Phi) is 17.7. The van der Waals surface area contributed by atoms with Crippen LogP contribution in [0.2, 0.25) is 0 Å². The number of thioether (sulfide) groups is 1. The molecule has 0 aliphatic carbocycles. The smallest absolute Gasteiger partial charge is 0.386 e.